The molecule has 1 atom stereocenters. The molecule has 6 nitrogen and oxygen atoms in total. The van der Waals surface area contributed by atoms with E-state index in [0.717, 1.165) is 5.39 Å². The molecule has 1 heterocycles. The number of methoxy groups -OCH3 is 1. The Hall–Kier alpha value is -1.92. The number of carbonyl (C=O) groups is 1. The lowest BCUT2D eigenvalue weighted by Crippen LogP contribution is -2.39. The number of carbonyl (C=O) groups excluding carboxylic acids is 1. The van der Waals surface area contributed by atoms with Gasteiger partial charge in [-0.2, -0.15) is 0 Å². The van der Waals surface area contributed by atoms with Crippen molar-refractivity contribution in [1.82, 2.24) is 10.5 Å². The fourth-order valence-electron chi connectivity index (χ4n) is 2.05. The second kappa shape index (κ2) is 7.02. The van der Waals surface area contributed by atoms with Crippen LogP contribution in [-0.4, -0.2) is 42.5 Å². The largest absolute Gasteiger partial charge is 0.396 e. The van der Waals surface area contributed by atoms with Crippen molar-refractivity contribution in [3.8, 4) is 0 Å². The summed E-state index contributed by atoms with van der Waals surface area (Å²) in [5, 5.41) is 16.5. The van der Waals surface area contributed by atoms with Crippen LogP contribution in [0, 0.1) is 0 Å². The minimum Gasteiger partial charge on any atom is -0.396 e. The number of para-hydroxylation sites is 1. The van der Waals surface area contributed by atoms with Gasteiger partial charge in [0.2, 0.25) is 5.91 Å². The van der Waals surface area contributed by atoms with Gasteiger partial charge in [-0.3, -0.25) is 4.79 Å². The molecular weight excluding hydrogens is 260 g/mol. The number of amides is 1. The Bertz CT molecular complexity index is 561. The average Bonchev–Trinajstić information content (AvgIpc) is 2.83. The molecule has 1 amide bonds. The van der Waals surface area contributed by atoms with Gasteiger partial charge in [0.25, 0.3) is 0 Å². The minimum absolute atomic E-state index is 0.00119. The number of nitrogens with one attached hydrogen (secondary N) is 1. The molecule has 6 heteroatoms. The predicted molar refractivity (Wildman–Crippen MR) is 73.2 cm³/mol. The number of benzene rings is 1. The lowest BCUT2D eigenvalue weighted by molar-refractivity contribution is -0.121. The van der Waals surface area contributed by atoms with Crippen LogP contribution in [0.15, 0.2) is 28.8 Å². The van der Waals surface area contributed by atoms with Crippen molar-refractivity contribution in [3.63, 3.8) is 0 Å². The van der Waals surface area contributed by atoms with Crippen LogP contribution >= 0.6 is 0 Å². The van der Waals surface area contributed by atoms with Crippen molar-refractivity contribution in [1.29, 1.82) is 0 Å². The second-order valence-corrected chi connectivity index (χ2v) is 4.53. The first-order valence-electron chi connectivity index (χ1n) is 6.47. The summed E-state index contributed by atoms with van der Waals surface area (Å²) < 4.78 is 10.2. The number of ether oxygens (including phenoxy) is 1. The van der Waals surface area contributed by atoms with Crippen LogP contribution in [-0.2, 0) is 16.0 Å². The molecular formula is C14H18N2O4. The molecule has 1 unspecified atom stereocenters. The number of hydrogen-bond acceptors (Lipinski definition) is 5. The van der Waals surface area contributed by atoms with Gasteiger partial charge in [-0.25, -0.2) is 0 Å². The number of fused-ring (bicyclic) bond motifs is 1. The van der Waals surface area contributed by atoms with Crippen LogP contribution in [0.5, 0.6) is 0 Å². The van der Waals surface area contributed by atoms with E-state index in [0.29, 0.717) is 24.3 Å². The maximum atomic E-state index is 12.0. The zero-order chi connectivity index (χ0) is 14.4. The van der Waals surface area contributed by atoms with Gasteiger partial charge in [0.15, 0.2) is 5.58 Å². The molecule has 0 radical (unpaired) electrons. The van der Waals surface area contributed by atoms with Crippen molar-refractivity contribution < 1.29 is 19.2 Å². The van der Waals surface area contributed by atoms with Crippen LogP contribution in [0.1, 0.15) is 12.1 Å². The van der Waals surface area contributed by atoms with Crippen LogP contribution in [0.3, 0.4) is 0 Å². The summed E-state index contributed by atoms with van der Waals surface area (Å²) in [6, 6.07) is 7.21. The number of aromatic nitrogens is 1. The van der Waals surface area contributed by atoms with E-state index < -0.39 is 0 Å². The molecule has 2 N–H and O–H groups in total. The molecule has 108 valence electrons. The Kier molecular flexibility index (Phi) is 5.09. The van der Waals surface area contributed by atoms with E-state index in [2.05, 4.69) is 10.5 Å². The molecule has 0 saturated heterocycles. The summed E-state index contributed by atoms with van der Waals surface area (Å²) in [6.45, 7) is 0.368. The average molecular weight is 278 g/mol. The van der Waals surface area contributed by atoms with E-state index >= 15 is 0 Å². The van der Waals surface area contributed by atoms with Gasteiger partial charge in [0.05, 0.1) is 19.1 Å². The molecule has 0 aliphatic heterocycles. The zero-order valence-corrected chi connectivity index (χ0v) is 11.3. The fraction of sp³-hybridized carbons (Fsp3) is 0.429. The first-order valence-corrected chi connectivity index (χ1v) is 6.47. The molecule has 1 aromatic heterocycles. The summed E-state index contributed by atoms with van der Waals surface area (Å²) in [6.07, 6.45) is 0.599. The standard InChI is InChI=1S/C14H18N2O4/c1-19-9-10(6-7-17)15-14(18)8-12-11-4-2-3-5-13(11)20-16-12/h2-5,10,17H,6-9H2,1H3,(H,15,18). The van der Waals surface area contributed by atoms with E-state index in [4.69, 9.17) is 14.4 Å². The highest BCUT2D eigenvalue weighted by Gasteiger charge is 2.15. The number of rotatable bonds is 7. The molecule has 20 heavy (non-hydrogen) atoms. The van der Waals surface area contributed by atoms with Gasteiger partial charge in [0.1, 0.15) is 5.69 Å². The van der Waals surface area contributed by atoms with Crippen molar-refractivity contribution in [2.24, 2.45) is 0 Å². The molecule has 0 fully saturated rings. The molecule has 0 saturated carbocycles. The summed E-state index contributed by atoms with van der Waals surface area (Å²) in [5.74, 6) is -0.167. The van der Waals surface area contributed by atoms with E-state index in [1.807, 2.05) is 24.3 Å². The first kappa shape index (κ1) is 14.5. The Morgan fingerprint density at radius 1 is 1.50 bits per heavy atom. The number of aliphatic hydroxyl groups excluding tert-OH is 1. The number of aliphatic hydroxyl groups is 1. The third kappa shape index (κ3) is 3.55. The highest BCUT2D eigenvalue weighted by molar-refractivity contribution is 5.86. The van der Waals surface area contributed by atoms with Gasteiger partial charge in [-0.05, 0) is 18.6 Å². The molecule has 1 aromatic carbocycles. The lowest BCUT2D eigenvalue weighted by atomic mass is 10.1. The highest BCUT2D eigenvalue weighted by Crippen LogP contribution is 2.18. The summed E-state index contributed by atoms with van der Waals surface area (Å²) in [5.41, 5.74) is 1.28. The Balaban J connectivity index is 2.00. The fourth-order valence-corrected chi connectivity index (χ4v) is 2.05. The molecule has 2 aromatic rings. The molecule has 0 bridgehead atoms. The monoisotopic (exact) mass is 278 g/mol. The highest BCUT2D eigenvalue weighted by atomic mass is 16.5. The zero-order valence-electron chi connectivity index (χ0n) is 11.3. The lowest BCUT2D eigenvalue weighted by Gasteiger charge is -2.16. The third-order valence-corrected chi connectivity index (χ3v) is 2.99. The van der Waals surface area contributed by atoms with Crippen molar-refractivity contribution >= 4 is 16.9 Å². The van der Waals surface area contributed by atoms with Crippen LogP contribution in [0.2, 0.25) is 0 Å². The number of hydrogen-bond donors (Lipinski definition) is 2. The molecule has 0 aliphatic carbocycles. The maximum Gasteiger partial charge on any atom is 0.226 e. The normalized spacial score (nSPS) is 12.5. The van der Waals surface area contributed by atoms with E-state index in [9.17, 15) is 4.79 Å². The van der Waals surface area contributed by atoms with E-state index in [1.165, 1.54) is 0 Å². The smallest absolute Gasteiger partial charge is 0.226 e. The molecule has 0 spiro atoms. The SMILES string of the molecule is COCC(CCO)NC(=O)Cc1noc2ccccc12. The van der Waals surface area contributed by atoms with Crippen molar-refractivity contribution in [2.75, 3.05) is 20.3 Å². The van der Waals surface area contributed by atoms with Gasteiger partial charge < -0.3 is 19.7 Å². The second-order valence-electron chi connectivity index (χ2n) is 4.53. The van der Waals surface area contributed by atoms with Crippen molar-refractivity contribution in [2.45, 2.75) is 18.9 Å². The van der Waals surface area contributed by atoms with Gasteiger partial charge >= 0.3 is 0 Å². The predicted octanol–water partition coefficient (Wildman–Crippen LogP) is 0.884. The summed E-state index contributed by atoms with van der Waals surface area (Å²) in [7, 11) is 1.56. The summed E-state index contributed by atoms with van der Waals surface area (Å²) >= 11 is 0. The number of nitrogens with zero attached hydrogens (tertiary/aromatic N) is 1. The first-order chi connectivity index (χ1) is 9.74. The Morgan fingerprint density at radius 2 is 2.30 bits per heavy atom. The van der Waals surface area contributed by atoms with Gasteiger partial charge in [0, 0.05) is 19.1 Å². The van der Waals surface area contributed by atoms with E-state index in [1.54, 1.807) is 7.11 Å². The quantitative estimate of drug-likeness (QED) is 0.785. The third-order valence-electron chi connectivity index (χ3n) is 2.99. The van der Waals surface area contributed by atoms with E-state index in [-0.39, 0.29) is 25.0 Å². The Morgan fingerprint density at radius 3 is 3.05 bits per heavy atom. The molecule has 2 rings (SSSR count). The van der Waals surface area contributed by atoms with Crippen LogP contribution in [0.25, 0.3) is 11.0 Å². The topological polar surface area (TPSA) is 84.6 Å². The molecule has 0 aliphatic rings. The van der Waals surface area contributed by atoms with Gasteiger partial charge in [-0.1, -0.05) is 17.3 Å². The van der Waals surface area contributed by atoms with Crippen molar-refractivity contribution in [3.05, 3.63) is 30.0 Å². The minimum atomic E-state index is -0.198. The maximum absolute atomic E-state index is 12.0. The van der Waals surface area contributed by atoms with Crippen LogP contribution < -0.4 is 5.32 Å². The van der Waals surface area contributed by atoms with Crippen LogP contribution in [0.4, 0.5) is 0 Å². The van der Waals surface area contributed by atoms with Gasteiger partial charge in [-0.15, -0.1) is 0 Å². The summed E-state index contributed by atoms with van der Waals surface area (Å²) in [4.78, 5) is 12.0. The Labute approximate surface area is 116 Å².